The third-order valence-corrected chi connectivity index (χ3v) is 4.61. The Morgan fingerprint density at radius 1 is 1.38 bits per heavy atom. The molecule has 1 aromatic rings. The van der Waals surface area contributed by atoms with Crippen molar-refractivity contribution in [2.24, 2.45) is 5.73 Å². The van der Waals surface area contributed by atoms with Crippen molar-refractivity contribution in [2.75, 3.05) is 19.8 Å². The van der Waals surface area contributed by atoms with Crippen LogP contribution in [0.5, 0.6) is 0 Å². The first kappa shape index (κ1) is 18.5. The highest BCUT2D eigenvalue weighted by molar-refractivity contribution is 9.10. The maximum Gasteiger partial charge on any atom is 0.243 e. The lowest BCUT2D eigenvalue weighted by Gasteiger charge is -2.11. The number of sulfonamides is 1. The number of ether oxygens (including phenoxy) is 1. The lowest BCUT2D eigenvalue weighted by atomic mass is 10.2. The molecule has 8 heteroatoms. The van der Waals surface area contributed by atoms with Crippen LogP contribution in [0.4, 0.5) is 4.39 Å². The fraction of sp³-hybridized carbons (Fsp3) is 0.538. The van der Waals surface area contributed by atoms with Gasteiger partial charge in [0, 0.05) is 36.3 Å². The zero-order chi connectivity index (χ0) is 15.9. The summed E-state index contributed by atoms with van der Waals surface area (Å²) in [6.45, 7) is 3.22. The van der Waals surface area contributed by atoms with Crippen molar-refractivity contribution in [1.82, 2.24) is 4.72 Å². The molecular formula is C13H20BrFN2O3S. The number of hydrogen-bond donors (Lipinski definition) is 2. The highest BCUT2D eigenvalue weighted by atomic mass is 79.9. The first-order valence-corrected chi connectivity index (χ1v) is 8.95. The second kappa shape index (κ2) is 8.79. The smallest absolute Gasteiger partial charge is 0.243 e. The van der Waals surface area contributed by atoms with E-state index in [1.54, 1.807) is 0 Å². The predicted molar refractivity (Wildman–Crippen MR) is 82.9 cm³/mol. The molecule has 1 rings (SSSR count). The van der Waals surface area contributed by atoms with Crippen molar-refractivity contribution in [3.63, 3.8) is 0 Å². The highest BCUT2D eigenvalue weighted by Gasteiger charge is 2.21. The Bertz CT molecular complexity index is 567. The Labute approximate surface area is 133 Å². The van der Waals surface area contributed by atoms with E-state index in [1.165, 1.54) is 12.1 Å². The minimum Gasteiger partial charge on any atom is -0.381 e. The van der Waals surface area contributed by atoms with Crippen LogP contribution in [0.25, 0.3) is 0 Å². The fourth-order valence-electron chi connectivity index (χ4n) is 1.67. The normalized spacial score (nSPS) is 11.8. The van der Waals surface area contributed by atoms with Crippen LogP contribution in [0.2, 0.25) is 0 Å². The monoisotopic (exact) mass is 382 g/mol. The molecule has 0 spiro atoms. The van der Waals surface area contributed by atoms with E-state index in [9.17, 15) is 12.8 Å². The van der Waals surface area contributed by atoms with Gasteiger partial charge < -0.3 is 10.5 Å². The summed E-state index contributed by atoms with van der Waals surface area (Å²) in [5.74, 6) is -0.810. The lowest BCUT2D eigenvalue weighted by Crippen LogP contribution is -2.27. The van der Waals surface area contributed by atoms with Gasteiger partial charge in [0.1, 0.15) is 10.7 Å². The predicted octanol–water partition coefficient (Wildman–Crippen LogP) is 2.14. The quantitative estimate of drug-likeness (QED) is 0.641. The van der Waals surface area contributed by atoms with E-state index in [0.29, 0.717) is 24.1 Å². The van der Waals surface area contributed by atoms with Crippen LogP contribution in [0.15, 0.2) is 21.5 Å². The second-order valence-corrected chi connectivity index (χ2v) is 7.10. The van der Waals surface area contributed by atoms with Gasteiger partial charge in [0.15, 0.2) is 0 Å². The first-order chi connectivity index (χ1) is 9.92. The Morgan fingerprint density at radius 3 is 2.71 bits per heavy atom. The van der Waals surface area contributed by atoms with Gasteiger partial charge >= 0.3 is 0 Å². The van der Waals surface area contributed by atoms with Gasteiger partial charge in [-0.3, -0.25) is 0 Å². The van der Waals surface area contributed by atoms with Crippen molar-refractivity contribution in [2.45, 2.75) is 31.2 Å². The Balaban J connectivity index is 2.72. The van der Waals surface area contributed by atoms with Crippen molar-refractivity contribution in [1.29, 1.82) is 0 Å². The van der Waals surface area contributed by atoms with Gasteiger partial charge in [-0.15, -0.1) is 0 Å². The standard InChI is InChI=1S/C13H20BrFN2O3S/c1-2-5-20-6-3-4-17-21(18,19)12-8-11(14)7-10(9-16)13(12)15/h7-8,17H,2-6,9,16H2,1H3. The Morgan fingerprint density at radius 2 is 2.10 bits per heavy atom. The summed E-state index contributed by atoms with van der Waals surface area (Å²) >= 11 is 3.16. The zero-order valence-electron chi connectivity index (χ0n) is 11.9. The average molecular weight is 383 g/mol. The maximum absolute atomic E-state index is 14.1. The van der Waals surface area contributed by atoms with Gasteiger partial charge in [-0.05, 0) is 25.0 Å². The van der Waals surface area contributed by atoms with Crippen LogP contribution in [-0.2, 0) is 21.3 Å². The van der Waals surface area contributed by atoms with Crippen LogP contribution < -0.4 is 10.5 Å². The highest BCUT2D eigenvalue weighted by Crippen LogP contribution is 2.23. The molecule has 0 aliphatic rings. The van der Waals surface area contributed by atoms with Crippen LogP contribution in [0, 0.1) is 5.82 Å². The molecule has 0 unspecified atom stereocenters. The molecule has 0 aliphatic carbocycles. The van der Waals surface area contributed by atoms with Crippen LogP contribution in [0.3, 0.4) is 0 Å². The molecule has 0 saturated carbocycles. The fourth-order valence-corrected chi connectivity index (χ4v) is 3.54. The molecule has 1 aromatic carbocycles. The lowest BCUT2D eigenvalue weighted by molar-refractivity contribution is 0.133. The van der Waals surface area contributed by atoms with Crippen molar-refractivity contribution < 1.29 is 17.5 Å². The summed E-state index contributed by atoms with van der Waals surface area (Å²) in [5.41, 5.74) is 5.56. The van der Waals surface area contributed by atoms with E-state index >= 15 is 0 Å². The molecule has 5 nitrogen and oxygen atoms in total. The third kappa shape index (κ3) is 5.63. The molecule has 0 saturated heterocycles. The molecule has 0 heterocycles. The van der Waals surface area contributed by atoms with Crippen molar-refractivity contribution >= 4 is 26.0 Å². The van der Waals surface area contributed by atoms with Crippen molar-refractivity contribution in [3.8, 4) is 0 Å². The Kier molecular flexibility index (Phi) is 7.75. The number of rotatable bonds is 9. The second-order valence-electron chi connectivity index (χ2n) is 4.44. The number of nitrogens with one attached hydrogen (secondary N) is 1. The van der Waals surface area contributed by atoms with Crippen molar-refractivity contribution in [3.05, 3.63) is 28.0 Å². The molecule has 0 atom stereocenters. The van der Waals surface area contributed by atoms with E-state index < -0.39 is 20.7 Å². The summed E-state index contributed by atoms with van der Waals surface area (Å²) in [5, 5.41) is 0. The molecule has 3 N–H and O–H groups in total. The molecule has 0 radical (unpaired) electrons. The average Bonchev–Trinajstić information content (AvgIpc) is 2.44. The number of benzene rings is 1. The molecule has 0 bridgehead atoms. The largest absolute Gasteiger partial charge is 0.381 e. The van der Waals surface area contributed by atoms with Gasteiger partial charge in [0.05, 0.1) is 0 Å². The van der Waals surface area contributed by atoms with E-state index in [0.717, 1.165) is 6.42 Å². The zero-order valence-corrected chi connectivity index (χ0v) is 14.3. The molecule has 0 aliphatic heterocycles. The number of halogens is 2. The number of hydrogen-bond acceptors (Lipinski definition) is 4. The van der Waals surface area contributed by atoms with Gasteiger partial charge in [-0.25, -0.2) is 17.5 Å². The summed E-state index contributed by atoms with van der Waals surface area (Å²) in [7, 11) is -3.90. The summed E-state index contributed by atoms with van der Waals surface area (Å²) < 4.78 is 46.4. The minimum absolute atomic E-state index is 0.0708. The minimum atomic E-state index is -3.90. The topological polar surface area (TPSA) is 81.4 Å². The van der Waals surface area contributed by atoms with E-state index in [-0.39, 0.29) is 18.7 Å². The molecule has 0 fully saturated rings. The molecule has 21 heavy (non-hydrogen) atoms. The summed E-state index contributed by atoms with van der Waals surface area (Å²) in [6, 6.07) is 2.69. The van der Waals surface area contributed by atoms with Crippen LogP contribution in [-0.4, -0.2) is 28.2 Å². The molecule has 120 valence electrons. The number of nitrogens with two attached hydrogens (primary N) is 1. The van der Waals surface area contributed by atoms with Gasteiger partial charge in [0.25, 0.3) is 0 Å². The van der Waals surface area contributed by atoms with E-state index in [1.807, 2.05) is 6.92 Å². The summed E-state index contributed by atoms with van der Waals surface area (Å²) in [6.07, 6.45) is 1.44. The van der Waals surface area contributed by atoms with E-state index in [4.69, 9.17) is 10.5 Å². The maximum atomic E-state index is 14.1. The van der Waals surface area contributed by atoms with E-state index in [2.05, 4.69) is 20.7 Å². The van der Waals surface area contributed by atoms with Gasteiger partial charge in [0.2, 0.25) is 10.0 Å². The Hall–Kier alpha value is -0.540. The molecule has 0 aromatic heterocycles. The van der Waals surface area contributed by atoms with Crippen LogP contribution in [0.1, 0.15) is 25.3 Å². The van der Waals surface area contributed by atoms with Gasteiger partial charge in [-0.1, -0.05) is 22.9 Å². The molecular weight excluding hydrogens is 363 g/mol. The molecule has 0 amide bonds. The van der Waals surface area contributed by atoms with Gasteiger partial charge in [-0.2, -0.15) is 0 Å². The van der Waals surface area contributed by atoms with Crippen LogP contribution >= 0.6 is 15.9 Å². The SMILES string of the molecule is CCCOCCCNS(=O)(=O)c1cc(Br)cc(CN)c1F. The third-order valence-electron chi connectivity index (χ3n) is 2.69. The first-order valence-electron chi connectivity index (χ1n) is 6.67. The summed E-state index contributed by atoms with van der Waals surface area (Å²) in [4.78, 5) is -0.396.